The summed E-state index contributed by atoms with van der Waals surface area (Å²) in [7, 11) is 1.60. The molecule has 2 aromatic carbocycles. The van der Waals surface area contributed by atoms with Gasteiger partial charge in [-0.05, 0) is 62.8 Å². The Labute approximate surface area is 200 Å². The highest BCUT2D eigenvalue weighted by Gasteiger charge is 2.21. The lowest BCUT2D eigenvalue weighted by molar-refractivity contribution is -0.161. The number of aromatic nitrogens is 1. The molecule has 0 aliphatic carbocycles. The van der Waals surface area contributed by atoms with Gasteiger partial charge in [-0.2, -0.15) is 0 Å². The second kappa shape index (κ2) is 11.4. The number of benzene rings is 2. The normalized spacial score (nSPS) is 16.1. The Balaban J connectivity index is 1.63. The molecule has 3 aromatic rings. The molecule has 1 fully saturated rings. The van der Waals surface area contributed by atoms with Crippen molar-refractivity contribution in [3.05, 3.63) is 59.3 Å². The average Bonchev–Trinajstić information content (AvgIpc) is 3.29. The average molecular weight is 468 g/mol. The molecular formula is C27H33NO6. The third-order valence-electron chi connectivity index (χ3n) is 5.74. The molecule has 0 spiro atoms. The lowest BCUT2D eigenvalue weighted by Crippen LogP contribution is -2.23. The first-order valence-corrected chi connectivity index (χ1v) is 11.9. The molecule has 182 valence electrons. The molecule has 1 N–H and O–H groups in total. The van der Waals surface area contributed by atoms with Gasteiger partial charge in [0.15, 0.2) is 17.8 Å². The third-order valence-corrected chi connectivity index (χ3v) is 5.74. The monoisotopic (exact) mass is 467 g/mol. The van der Waals surface area contributed by atoms with Crippen molar-refractivity contribution in [2.45, 2.75) is 58.5 Å². The minimum absolute atomic E-state index is 0.154. The number of methoxy groups -OCH3 is 1. The minimum atomic E-state index is -0.405. The smallest absolute Gasteiger partial charge is 0.355 e. The van der Waals surface area contributed by atoms with E-state index >= 15 is 0 Å². The van der Waals surface area contributed by atoms with Crippen molar-refractivity contribution < 1.29 is 28.5 Å². The van der Waals surface area contributed by atoms with E-state index in [1.165, 1.54) is 0 Å². The number of fused-ring (bicyclic) bond motifs is 1. The SMILES string of the molecule is COc1c(OCc2ccccc2)cc(CCOC2CCCCO2)c2cc(C(=O)OC(C)C)[nH]c12. The Hall–Kier alpha value is -3.03. The molecule has 0 saturated carbocycles. The van der Waals surface area contributed by atoms with Crippen LogP contribution in [0, 0.1) is 0 Å². The van der Waals surface area contributed by atoms with Gasteiger partial charge in [0.25, 0.3) is 0 Å². The van der Waals surface area contributed by atoms with E-state index in [1.807, 2.05) is 56.3 Å². The van der Waals surface area contributed by atoms with Crippen molar-refractivity contribution in [2.24, 2.45) is 0 Å². The van der Waals surface area contributed by atoms with E-state index in [2.05, 4.69) is 4.98 Å². The van der Waals surface area contributed by atoms with Crippen LogP contribution in [0.2, 0.25) is 0 Å². The third kappa shape index (κ3) is 5.90. The summed E-state index contributed by atoms with van der Waals surface area (Å²) in [4.78, 5) is 15.8. The summed E-state index contributed by atoms with van der Waals surface area (Å²) in [5.41, 5.74) is 3.12. The zero-order chi connectivity index (χ0) is 23.9. The molecule has 2 heterocycles. The zero-order valence-corrected chi connectivity index (χ0v) is 20.1. The minimum Gasteiger partial charge on any atom is -0.491 e. The van der Waals surface area contributed by atoms with Gasteiger partial charge >= 0.3 is 5.97 Å². The summed E-state index contributed by atoms with van der Waals surface area (Å²) in [6, 6.07) is 13.7. The van der Waals surface area contributed by atoms with Crippen molar-refractivity contribution in [1.82, 2.24) is 4.98 Å². The second-order valence-electron chi connectivity index (χ2n) is 8.68. The van der Waals surface area contributed by atoms with Crippen LogP contribution in [0.5, 0.6) is 11.5 Å². The van der Waals surface area contributed by atoms with Gasteiger partial charge in [-0.1, -0.05) is 30.3 Å². The molecule has 7 heteroatoms. The summed E-state index contributed by atoms with van der Waals surface area (Å²) in [5.74, 6) is 0.751. The maximum absolute atomic E-state index is 12.6. The van der Waals surface area contributed by atoms with E-state index in [0.29, 0.717) is 42.3 Å². The van der Waals surface area contributed by atoms with Crippen LogP contribution in [0.15, 0.2) is 42.5 Å². The summed E-state index contributed by atoms with van der Waals surface area (Å²) in [6.07, 6.45) is 3.39. The van der Waals surface area contributed by atoms with E-state index in [0.717, 1.165) is 42.4 Å². The van der Waals surface area contributed by atoms with E-state index in [1.54, 1.807) is 7.11 Å². The standard InChI is InChI=1S/C27H33NO6/c1-18(2)34-27(29)22-16-21-20(12-14-32-24-11-7-8-13-31-24)15-23(26(30-3)25(21)28-22)33-17-19-9-5-4-6-10-19/h4-6,9-10,15-16,18,24,28H,7-8,11-14,17H2,1-3H3. The summed E-state index contributed by atoms with van der Waals surface area (Å²) >= 11 is 0. The van der Waals surface area contributed by atoms with Gasteiger partial charge in [0.1, 0.15) is 12.3 Å². The van der Waals surface area contributed by atoms with Crippen LogP contribution in [0.3, 0.4) is 0 Å². The quantitative estimate of drug-likeness (QED) is 0.402. The van der Waals surface area contributed by atoms with Crippen LogP contribution in [0.4, 0.5) is 0 Å². The highest BCUT2D eigenvalue weighted by atomic mass is 16.7. The van der Waals surface area contributed by atoms with Crippen molar-refractivity contribution in [1.29, 1.82) is 0 Å². The van der Waals surface area contributed by atoms with Crippen LogP contribution in [-0.2, 0) is 27.2 Å². The van der Waals surface area contributed by atoms with Gasteiger partial charge in [0.05, 0.1) is 25.3 Å². The fourth-order valence-electron chi connectivity index (χ4n) is 4.09. The van der Waals surface area contributed by atoms with Gasteiger partial charge in [-0.3, -0.25) is 0 Å². The maximum atomic E-state index is 12.6. The molecule has 1 aliphatic rings. The molecule has 1 saturated heterocycles. The molecule has 1 unspecified atom stereocenters. The van der Waals surface area contributed by atoms with Crippen LogP contribution in [-0.4, -0.2) is 43.7 Å². The van der Waals surface area contributed by atoms with E-state index in [9.17, 15) is 4.79 Å². The van der Waals surface area contributed by atoms with Gasteiger partial charge in [-0.15, -0.1) is 0 Å². The first-order chi connectivity index (χ1) is 16.5. The fraction of sp³-hybridized carbons (Fsp3) is 0.444. The number of carbonyl (C=O) groups excluding carboxylic acids is 1. The number of rotatable bonds is 10. The van der Waals surface area contributed by atoms with E-state index in [4.69, 9.17) is 23.7 Å². The number of carbonyl (C=O) groups is 1. The second-order valence-corrected chi connectivity index (χ2v) is 8.68. The predicted octanol–water partition coefficient (Wildman–Crippen LogP) is 5.41. The highest BCUT2D eigenvalue weighted by molar-refractivity contribution is 5.99. The van der Waals surface area contributed by atoms with E-state index in [-0.39, 0.29) is 12.4 Å². The Morgan fingerprint density at radius 3 is 2.71 bits per heavy atom. The molecule has 1 atom stereocenters. The van der Waals surface area contributed by atoms with Crippen LogP contribution >= 0.6 is 0 Å². The van der Waals surface area contributed by atoms with Gasteiger partial charge in [-0.25, -0.2) is 4.79 Å². The van der Waals surface area contributed by atoms with E-state index < -0.39 is 5.97 Å². The van der Waals surface area contributed by atoms with Crippen LogP contribution in [0.1, 0.15) is 54.7 Å². The van der Waals surface area contributed by atoms with Gasteiger partial charge in [0, 0.05) is 12.0 Å². The van der Waals surface area contributed by atoms with Gasteiger partial charge in [0.2, 0.25) is 0 Å². The lowest BCUT2D eigenvalue weighted by atomic mass is 10.1. The first-order valence-electron chi connectivity index (χ1n) is 11.9. The Morgan fingerprint density at radius 2 is 2.00 bits per heavy atom. The molecular weight excluding hydrogens is 434 g/mol. The summed E-state index contributed by atoms with van der Waals surface area (Å²) in [6.45, 7) is 5.30. The fourth-order valence-corrected chi connectivity index (χ4v) is 4.09. The van der Waals surface area contributed by atoms with Crippen LogP contribution < -0.4 is 9.47 Å². The van der Waals surface area contributed by atoms with Crippen molar-refractivity contribution in [3.8, 4) is 11.5 Å². The topological polar surface area (TPSA) is 79.0 Å². The maximum Gasteiger partial charge on any atom is 0.355 e. The van der Waals surface area contributed by atoms with Crippen molar-refractivity contribution in [2.75, 3.05) is 20.3 Å². The predicted molar refractivity (Wildman–Crippen MR) is 129 cm³/mol. The van der Waals surface area contributed by atoms with Gasteiger partial charge < -0.3 is 28.7 Å². The molecule has 0 bridgehead atoms. The number of esters is 1. The number of nitrogens with one attached hydrogen (secondary N) is 1. The number of hydrogen-bond acceptors (Lipinski definition) is 6. The molecule has 0 radical (unpaired) electrons. The highest BCUT2D eigenvalue weighted by Crippen LogP contribution is 2.39. The molecule has 4 rings (SSSR count). The molecule has 0 amide bonds. The molecule has 1 aliphatic heterocycles. The number of hydrogen-bond donors (Lipinski definition) is 1. The van der Waals surface area contributed by atoms with Crippen molar-refractivity contribution >= 4 is 16.9 Å². The zero-order valence-electron chi connectivity index (χ0n) is 20.1. The Bertz CT molecular complexity index is 1090. The van der Waals surface area contributed by atoms with Crippen LogP contribution in [0.25, 0.3) is 10.9 Å². The summed E-state index contributed by atoms with van der Waals surface area (Å²) in [5, 5.41) is 0.882. The number of ether oxygens (including phenoxy) is 5. The Kier molecular flexibility index (Phi) is 8.08. The summed E-state index contributed by atoms with van der Waals surface area (Å²) < 4.78 is 28.9. The lowest BCUT2D eigenvalue weighted by Gasteiger charge is -2.22. The number of H-pyrrole nitrogens is 1. The molecule has 7 nitrogen and oxygen atoms in total. The van der Waals surface area contributed by atoms with Crippen molar-refractivity contribution in [3.63, 3.8) is 0 Å². The number of aromatic amines is 1. The molecule has 1 aromatic heterocycles. The largest absolute Gasteiger partial charge is 0.491 e. The molecule has 34 heavy (non-hydrogen) atoms. The first kappa shape index (κ1) is 24.1. The Morgan fingerprint density at radius 1 is 1.18 bits per heavy atom.